The average molecular weight is 281 g/mol. The molecule has 1 aliphatic carbocycles. The Hall–Kier alpha value is -1.32. The van der Waals surface area contributed by atoms with Crippen molar-refractivity contribution in [1.82, 2.24) is 0 Å². The van der Waals surface area contributed by atoms with Gasteiger partial charge in [-0.15, -0.1) is 11.6 Å². The Morgan fingerprint density at radius 2 is 1.95 bits per heavy atom. The molecule has 0 aromatic heterocycles. The minimum absolute atomic E-state index is 0.00536. The van der Waals surface area contributed by atoms with Crippen molar-refractivity contribution >= 4 is 23.5 Å². The number of alkyl halides is 1. The molecule has 1 aromatic rings. The molecule has 2 rings (SSSR count). The first-order chi connectivity index (χ1) is 9.13. The van der Waals surface area contributed by atoms with E-state index in [-0.39, 0.29) is 11.9 Å². The smallest absolute Gasteiger partial charge is 0.176 e. The van der Waals surface area contributed by atoms with Crippen molar-refractivity contribution < 1.29 is 14.3 Å². The van der Waals surface area contributed by atoms with Crippen molar-refractivity contribution in [3.63, 3.8) is 0 Å². The van der Waals surface area contributed by atoms with Crippen LogP contribution >= 0.6 is 11.6 Å². The second-order valence-corrected chi connectivity index (χ2v) is 5.10. The Bertz CT molecular complexity index is 479. The second-order valence-electron chi connectivity index (χ2n) is 4.57. The molecule has 0 radical (unpaired) electrons. The Balaban J connectivity index is 2.21. The van der Waals surface area contributed by atoms with E-state index in [9.17, 15) is 4.79 Å². The zero-order valence-corrected chi connectivity index (χ0v) is 11.8. The lowest BCUT2D eigenvalue weighted by molar-refractivity contribution is -0.117. The van der Waals surface area contributed by atoms with E-state index >= 15 is 0 Å². The molecule has 3 nitrogen and oxygen atoms in total. The number of hydrogen-bond acceptors (Lipinski definition) is 3. The molecule has 0 saturated heterocycles. The normalized spacial score (nSPS) is 25.6. The van der Waals surface area contributed by atoms with Crippen molar-refractivity contribution in [2.75, 3.05) is 14.2 Å². The lowest BCUT2D eigenvalue weighted by Crippen LogP contribution is -2.31. The van der Waals surface area contributed by atoms with Crippen LogP contribution in [0, 0.1) is 0 Å². The zero-order chi connectivity index (χ0) is 13.8. The van der Waals surface area contributed by atoms with Crippen LogP contribution in [0.1, 0.15) is 18.4 Å². The van der Waals surface area contributed by atoms with E-state index in [1.165, 1.54) is 0 Å². The van der Waals surface area contributed by atoms with Crippen molar-refractivity contribution in [3.05, 3.63) is 35.4 Å². The van der Waals surface area contributed by atoms with E-state index in [1.807, 2.05) is 30.3 Å². The lowest BCUT2D eigenvalue weighted by atomic mass is 9.89. The molecule has 1 saturated carbocycles. The number of ketones is 1. The quantitative estimate of drug-likeness (QED) is 0.630. The van der Waals surface area contributed by atoms with Crippen molar-refractivity contribution in [1.29, 1.82) is 0 Å². The summed E-state index contributed by atoms with van der Waals surface area (Å²) in [5.41, 5.74) is 1.69. The number of carbonyl (C=O) groups is 1. The van der Waals surface area contributed by atoms with Gasteiger partial charge in [0.15, 0.2) is 5.78 Å². The van der Waals surface area contributed by atoms with E-state index in [0.29, 0.717) is 12.8 Å². The van der Waals surface area contributed by atoms with Crippen molar-refractivity contribution in [3.8, 4) is 5.75 Å². The third kappa shape index (κ3) is 3.37. The fourth-order valence-corrected chi connectivity index (χ4v) is 2.52. The van der Waals surface area contributed by atoms with Gasteiger partial charge in [0.1, 0.15) is 5.75 Å². The summed E-state index contributed by atoms with van der Waals surface area (Å²) in [6.07, 6.45) is 3.09. The lowest BCUT2D eigenvalue weighted by Gasteiger charge is -2.25. The number of benzene rings is 1. The first-order valence-electron chi connectivity index (χ1n) is 6.19. The van der Waals surface area contributed by atoms with Crippen LogP contribution in [0.25, 0.3) is 6.08 Å². The fraction of sp³-hybridized carbons (Fsp3) is 0.400. The molecule has 1 fully saturated rings. The maximum Gasteiger partial charge on any atom is 0.176 e. The Labute approximate surface area is 118 Å². The van der Waals surface area contributed by atoms with Gasteiger partial charge in [0.2, 0.25) is 0 Å². The molecule has 2 unspecified atom stereocenters. The van der Waals surface area contributed by atoms with Crippen molar-refractivity contribution in [2.45, 2.75) is 24.3 Å². The predicted octanol–water partition coefficient (Wildman–Crippen LogP) is 3.06. The SMILES string of the molecule is COc1ccc(C=C2CC(OC)CC(Cl)C2=O)cc1. The molecule has 0 aliphatic heterocycles. The monoisotopic (exact) mass is 280 g/mol. The van der Waals surface area contributed by atoms with E-state index in [0.717, 1.165) is 16.9 Å². The van der Waals surface area contributed by atoms with Crippen LogP contribution in [0.3, 0.4) is 0 Å². The summed E-state index contributed by atoms with van der Waals surface area (Å²) in [6, 6.07) is 7.56. The van der Waals surface area contributed by atoms with Crippen LogP contribution in [0.15, 0.2) is 29.8 Å². The molecule has 0 heterocycles. The van der Waals surface area contributed by atoms with Gasteiger partial charge >= 0.3 is 0 Å². The summed E-state index contributed by atoms with van der Waals surface area (Å²) < 4.78 is 10.4. The van der Waals surface area contributed by atoms with Gasteiger partial charge in [-0.3, -0.25) is 4.79 Å². The van der Waals surface area contributed by atoms with Gasteiger partial charge in [-0.1, -0.05) is 12.1 Å². The molecular weight excluding hydrogens is 264 g/mol. The van der Waals surface area contributed by atoms with Gasteiger partial charge in [-0.25, -0.2) is 0 Å². The molecule has 0 amide bonds. The molecule has 0 bridgehead atoms. The third-order valence-corrected chi connectivity index (χ3v) is 3.68. The molecule has 1 aliphatic rings. The number of ether oxygens (including phenoxy) is 2. The van der Waals surface area contributed by atoms with Gasteiger partial charge in [0.25, 0.3) is 0 Å². The fourth-order valence-electron chi connectivity index (χ4n) is 2.18. The maximum atomic E-state index is 12.0. The number of carbonyl (C=O) groups excluding carboxylic acids is 1. The first kappa shape index (κ1) is 14.1. The molecule has 0 N–H and O–H groups in total. The van der Waals surface area contributed by atoms with E-state index in [2.05, 4.69) is 0 Å². The average Bonchev–Trinajstić information content (AvgIpc) is 2.44. The first-order valence-corrected chi connectivity index (χ1v) is 6.63. The highest BCUT2D eigenvalue weighted by Crippen LogP contribution is 2.28. The van der Waals surface area contributed by atoms with Crippen LogP contribution in [0.4, 0.5) is 0 Å². The number of halogens is 1. The van der Waals surface area contributed by atoms with Gasteiger partial charge in [0.05, 0.1) is 18.6 Å². The van der Waals surface area contributed by atoms with Gasteiger partial charge in [-0.05, 0) is 35.8 Å². The molecule has 19 heavy (non-hydrogen) atoms. The number of methoxy groups -OCH3 is 2. The number of rotatable bonds is 3. The standard InChI is InChI=1S/C15H17ClO3/c1-18-12-5-3-10(4-6-12)7-11-8-13(19-2)9-14(16)15(11)17/h3-7,13-14H,8-9H2,1-2H3. The van der Waals surface area contributed by atoms with Gasteiger partial charge < -0.3 is 9.47 Å². The van der Waals surface area contributed by atoms with E-state index in [4.69, 9.17) is 21.1 Å². The van der Waals surface area contributed by atoms with E-state index in [1.54, 1.807) is 14.2 Å². The predicted molar refractivity (Wildman–Crippen MR) is 75.7 cm³/mol. The van der Waals surface area contributed by atoms with Crippen LogP contribution < -0.4 is 4.74 Å². The molecule has 0 spiro atoms. The Morgan fingerprint density at radius 3 is 2.53 bits per heavy atom. The largest absolute Gasteiger partial charge is 0.497 e. The summed E-state index contributed by atoms with van der Waals surface area (Å²) in [7, 11) is 3.27. The van der Waals surface area contributed by atoms with Crippen molar-refractivity contribution in [2.24, 2.45) is 0 Å². The Morgan fingerprint density at radius 1 is 1.26 bits per heavy atom. The van der Waals surface area contributed by atoms with Crippen LogP contribution in [-0.2, 0) is 9.53 Å². The third-order valence-electron chi connectivity index (χ3n) is 3.31. The van der Waals surface area contributed by atoms with Crippen LogP contribution in [0.5, 0.6) is 5.75 Å². The Kier molecular flexibility index (Phi) is 4.61. The van der Waals surface area contributed by atoms with Gasteiger partial charge in [0, 0.05) is 13.5 Å². The van der Waals surface area contributed by atoms with Crippen LogP contribution in [-0.4, -0.2) is 31.5 Å². The number of Topliss-reactive ketones (excluding diaryl/α,β-unsaturated/α-hetero) is 1. The highest BCUT2D eigenvalue weighted by Gasteiger charge is 2.30. The summed E-state index contributed by atoms with van der Waals surface area (Å²) in [6.45, 7) is 0. The summed E-state index contributed by atoms with van der Waals surface area (Å²) in [5.74, 6) is 0.799. The molecule has 4 heteroatoms. The summed E-state index contributed by atoms with van der Waals surface area (Å²) in [4.78, 5) is 12.0. The molecule has 102 valence electrons. The second kappa shape index (κ2) is 6.22. The molecular formula is C15H17ClO3. The molecule has 2 atom stereocenters. The highest BCUT2D eigenvalue weighted by molar-refractivity contribution is 6.34. The minimum Gasteiger partial charge on any atom is -0.497 e. The summed E-state index contributed by atoms with van der Waals surface area (Å²) in [5, 5.41) is -0.483. The topological polar surface area (TPSA) is 35.5 Å². The number of hydrogen-bond donors (Lipinski definition) is 0. The summed E-state index contributed by atoms with van der Waals surface area (Å²) >= 11 is 6.06. The highest BCUT2D eigenvalue weighted by atomic mass is 35.5. The maximum absolute atomic E-state index is 12.0. The van der Waals surface area contributed by atoms with Crippen LogP contribution in [0.2, 0.25) is 0 Å². The zero-order valence-electron chi connectivity index (χ0n) is 11.1. The molecule has 1 aromatic carbocycles. The minimum atomic E-state index is -0.483. The van der Waals surface area contributed by atoms with Gasteiger partial charge in [-0.2, -0.15) is 0 Å². The van der Waals surface area contributed by atoms with E-state index < -0.39 is 5.38 Å².